The second-order valence-corrected chi connectivity index (χ2v) is 5.30. The van der Waals surface area contributed by atoms with Crippen LogP contribution in [-0.4, -0.2) is 29.8 Å². The van der Waals surface area contributed by atoms with Gasteiger partial charge < -0.3 is 0 Å². The highest BCUT2D eigenvalue weighted by Crippen LogP contribution is 2.39. The highest BCUT2D eigenvalue weighted by molar-refractivity contribution is 5.85. The molecule has 0 amide bonds. The molecule has 0 aromatic heterocycles. The van der Waals surface area contributed by atoms with Crippen molar-refractivity contribution < 1.29 is 4.79 Å². The molecule has 1 aliphatic carbocycles. The van der Waals surface area contributed by atoms with Crippen LogP contribution >= 0.6 is 0 Å². The Labute approximate surface area is 93.0 Å². The summed E-state index contributed by atoms with van der Waals surface area (Å²) in [5.41, 5.74) is 0.517. The molecule has 0 radical (unpaired) electrons. The Balaban J connectivity index is 2.00. The number of Topliss-reactive ketones (excluding diaryl/α,β-unsaturated/α-hetero) is 1. The summed E-state index contributed by atoms with van der Waals surface area (Å²) in [5, 5.41) is 0. The quantitative estimate of drug-likeness (QED) is 0.712. The van der Waals surface area contributed by atoms with Crippen molar-refractivity contribution in [2.45, 2.75) is 58.4 Å². The van der Waals surface area contributed by atoms with Crippen LogP contribution in [0.3, 0.4) is 0 Å². The molecule has 2 fully saturated rings. The van der Waals surface area contributed by atoms with Gasteiger partial charge in [-0.05, 0) is 44.1 Å². The summed E-state index contributed by atoms with van der Waals surface area (Å²) in [6.07, 6.45) is 6.88. The third kappa shape index (κ3) is 1.96. The SMILES string of the molecule is CCC1(CC)CCN(C2CCCC2=O)C1. The lowest BCUT2D eigenvalue weighted by Gasteiger charge is -2.28. The van der Waals surface area contributed by atoms with E-state index in [-0.39, 0.29) is 6.04 Å². The minimum Gasteiger partial charge on any atom is -0.298 e. The fourth-order valence-electron chi connectivity index (χ4n) is 3.25. The molecule has 0 bridgehead atoms. The van der Waals surface area contributed by atoms with Crippen molar-refractivity contribution in [3.8, 4) is 0 Å². The third-order valence-electron chi connectivity index (χ3n) is 4.68. The summed E-state index contributed by atoms with van der Waals surface area (Å²) in [5.74, 6) is 0.498. The summed E-state index contributed by atoms with van der Waals surface area (Å²) >= 11 is 0. The normalized spacial score (nSPS) is 31.3. The topological polar surface area (TPSA) is 20.3 Å². The Hall–Kier alpha value is -0.370. The Kier molecular flexibility index (Phi) is 3.15. The maximum Gasteiger partial charge on any atom is 0.149 e. The van der Waals surface area contributed by atoms with E-state index in [0.717, 1.165) is 32.4 Å². The third-order valence-corrected chi connectivity index (χ3v) is 4.68. The van der Waals surface area contributed by atoms with Crippen LogP contribution in [0.15, 0.2) is 0 Å². The molecule has 86 valence electrons. The van der Waals surface area contributed by atoms with Gasteiger partial charge in [-0.3, -0.25) is 9.69 Å². The highest BCUT2D eigenvalue weighted by Gasteiger charge is 2.40. The van der Waals surface area contributed by atoms with Gasteiger partial charge in [0.25, 0.3) is 0 Å². The standard InChI is InChI=1S/C13H23NO/c1-3-13(4-2)8-9-14(10-13)11-6-5-7-12(11)15/h11H,3-10H2,1-2H3. The summed E-state index contributed by atoms with van der Waals surface area (Å²) in [4.78, 5) is 14.2. The number of ketones is 1. The van der Waals surface area contributed by atoms with E-state index in [0.29, 0.717) is 11.2 Å². The van der Waals surface area contributed by atoms with Crippen LogP contribution in [0.1, 0.15) is 52.4 Å². The van der Waals surface area contributed by atoms with Crippen LogP contribution in [0, 0.1) is 5.41 Å². The first kappa shape index (κ1) is 11.1. The Morgan fingerprint density at radius 1 is 1.40 bits per heavy atom. The van der Waals surface area contributed by atoms with E-state index in [2.05, 4.69) is 18.7 Å². The largest absolute Gasteiger partial charge is 0.298 e. The van der Waals surface area contributed by atoms with Gasteiger partial charge in [0.05, 0.1) is 6.04 Å². The molecular weight excluding hydrogens is 186 g/mol. The summed E-state index contributed by atoms with van der Waals surface area (Å²) in [6, 6.07) is 0.282. The van der Waals surface area contributed by atoms with E-state index in [1.165, 1.54) is 19.3 Å². The van der Waals surface area contributed by atoms with Crippen LogP contribution in [0.5, 0.6) is 0 Å². The molecule has 1 aliphatic heterocycles. The summed E-state index contributed by atoms with van der Waals surface area (Å²) < 4.78 is 0. The van der Waals surface area contributed by atoms with Crippen molar-refractivity contribution in [3.63, 3.8) is 0 Å². The molecule has 2 heteroatoms. The van der Waals surface area contributed by atoms with E-state index < -0.39 is 0 Å². The van der Waals surface area contributed by atoms with Crippen LogP contribution in [0.4, 0.5) is 0 Å². The van der Waals surface area contributed by atoms with Gasteiger partial charge in [0.1, 0.15) is 5.78 Å². The zero-order chi connectivity index (χ0) is 10.9. The summed E-state index contributed by atoms with van der Waals surface area (Å²) in [6.45, 7) is 6.90. The van der Waals surface area contributed by atoms with E-state index in [1.54, 1.807) is 0 Å². The van der Waals surface area contributed by atoms with Gasteiger partial charge >= 0.3 is 0 Å². The predicted molar refractivity (Wildman–Crippen MR) is 61.9 cm³/mol. The lowest BCUT2D eigenvalue weighted by Crippen LogP contribution is -2.38. The predicted octanol–water partition coefficient (Wildman–Crippen LogP) is 2.62. The first-order valence-corrected chi connectivity index (χ1v) is 6.47. The zero-order valence-corrected chi connectivity index (χ0v) is 10.1. The molecule has 2 aliphatic rings. The number of rotatable bonds is 3. The number of carbonyl (C=O) groups is 1. The van der Waals surface area contributed by atoms with Crippen molar-refractivity contribution in [2.24, 2.45) is 5.41 Å². The Morgan fingerprint density at radius 3 is 2.60 bits per heavy atom. The minimum absolute atomic E-state index is 0.282. The average molecular weight is 209 g/mol. The smallest absolute Gasteiger partial charge is 0.149 e. The van der Waals surface area contributed by atoms with E-state index >= 15 is 0 Å². The Morgan fingerprint density at radius 2 is 2.13 bits per heavy atom. The van der Waals surface area contributed by atoms with Crippen molar-refractivity contribution in [2.75, 3.05) is 13.1 Å². The molecular formula is C13H23NO. The lowest BCUT2D eigenvalue weighted by atomic mass is 9.82. The number of carbonyl (C=O) groups excluding carboxylic acids is 1. The van der Waals surface area contributed by atoms with Gasteiger partial charge in [0, 0.05) is 13.0 Å². The van der Waals surface area contributed by atoms with Gasteiger partial charge in [-0.1, -0.05) is 13.8 Å². The van der Waals surface area contributed by atoms with E-state index in [4.69, 9.17) is 0 Å². The van der Waals surface area contributed by atoms with E-state index in [1.807, 2.05) is 0 Å². The Bertz CT molecular complexity index is 245. The molecule has 0 aromatic rings. The molecule has 0 N–H and O–H groups in total. The first-order chi connectivity index (χ1) is 7.21. The maximum atomic E-state index is 11.7. The van der Waals surface area contributed by atoms with Crippen LogP contribution in [-0.2, 0) is 4.79 Å². The monoisotopic (exact) mass is 209 g/mol. The molecule has 0 aromatic carbocycles. The molecule has 1 heterocycles. The molecule has 1 unspecified atom stereocenters. The lowest BCUT2D eigenvalue weighted by molar-refractivity contribution is -0.121. The molecule has 2 nitrogen and oxygen atoms in total. The van der Waals surface area contributed by atoms with Crippen molar-refractivity contribution in [3.05, 3.63) is 0 Å². The van der Waals surface area contributed by atoms with Gasteiger partial charge in [-0.15, -0.1) is 0 Å². The van der Waals surface area contributed by atoms with Crippen LogP contribution in [0.2, 0.25) is 0 Å². The molecule has 0 spiro atoms. The minimum atomic E-state index is 0.282. The number of hydrogen-bond acceptors (Lipinski definition) is 2. The van der Waals surface area contributed by atoms with Gasteiger partial charge in [-0.2, -0.15) is 0 Å². The summed E-state index contributed by atoms with van der Waals surface area (Å²) in [7, 11) is 0. The number of likely N-dealkylation sites (tertiary alicyclic amines) is 1. The van der Waals surface area contributed by atoms with Crippen molar-refractivity contribution >= 4 is 5.78 Å². The number of hydrogen-bond donors (Lipinski definition) is 0. The second-order valence-electron chi connectivity index (χ2n) is 5.30. The average Bonchev–Trinajstić information content (AvgIpc) is 2.84. The number of nitrogens with zero attached hydrogens (tertiary/aromatic N) is 1. The fourth-order valence-corrected chi connectivity index (χ4v) is 3.25. The van der Waals surface area contributed by atoms with Crippen molar-refractivity contribution in [1.82, 2.24) is 4.90 Å². The maximum absolute atomic E-state index is 11.7. The molecule has 1 atom stereocenters. The molecule has 1 saturated heterocycles. The molecule has 15 heavy (non-hydrogen) atoms. The van der Waals surface area contributed by atoms with Crippen molar-refractivity contribution in [1.29, 1.82) is 0 Å². The van der Waals surface area contributed by atoms with Crippen LogP contribution in [0.25, 0.3) is 0 Å². The molecule has 1 saturated carbocycles. The first-order valence-electron chi connectivity index (χ1n) is 6.47. The van der Waals surface area contributed by atoms with Gasteiger partial charge in [-0.25, -0.2) is 0 Å². The molecule has 2 rings (SSSR count). The second kappa shape index (κ2) is 4.25. The zero-order valence-electron chi connectivity index (χ0n) is 10.1. The van der Waals surface area contributed by atoms with Gasteiger partial charge in [0.2, 0.25) is 0 Å². The van der Waals surface area contributed by atoms with E-state index in [9.17, 15) is 4.79 Å². The fraction of sp³-hybridized carbons (Fsp3) is 0.923. The van der Waals surface area contributed by atoms with Crippen LogP contribution < -0.4 is 0 Å². The van der Waals surface area contributed by atoms with Gasteiger partial charge in [0.15, 0.2) is 0 Å². The highest BCUT2D eigenvalue weighted by atomic mass is 16.1.